The largest absolute Gasteiger partial charge is 0.378 e. The van der Waals surface area contributed by atoms with Gasteiger partial charge >= 0.3 is 0 Å². The standard InChI is InChI=1S/C14H19N5O/c1-9-15-13(18-5-7-20-8-6-18)12-14(16-9)19(10(2)17-12)11-3-4-11/h11H,3-8H2,1-2H3. The highest BCUT2D eigenvalue weighted by Gasteiger charge is 2.29. The van der Waals surface area contributed by atoms with Crippen LogP contribution < -0.4 is 4.90 Å². The van der Waals surface area contributed by atoms with Crippen molar-refractivity contribution in [3.05, 3.63) is 11.6 Å². The first-order valence-corrected chi connectivity index (χ1v) is 7.30. The van der Waals surface area contributed by atoms with Gasteiger partial charge in [-0.2, -0.15) is 0 Å². The van der Waals surface area contributed by atoms with Gasteiger partial charge < -0.3 is 14.2 Å². The van der Waals surface area contributed by atoms with Gasteiger partial charge in [0.2, 0.25) is 0 Å². The lowest BCUT2D eigenvalue weighted by Gasteiger charge is -2.27. The molecule has 4 rings (SSSR count). The predicted molar refractivity (Wildman–Crippen MR) is 76.1 cm³/mol. The molecule has 106 valence electrons. The maximum atomic E-state index is 5.43. The molecule has 3 heterocycles. The van der Waals surface area contributed by atoms with Crippen LogP contribution in [-0.2, 0) is 4.74 Å². The summed E-state index contributed by atoms with van der Waals surface area (Å²) in [4.78, 5) is 16.3. The quantitative estimate of drug-likeness (QED) is 0.832. The molecule has 2 aromatic rings. The van der Waals surface area contributed by atoms with Crippen LogP contribution in [-0.4, -0.2) is 45.8 Å². The number of rotatable bonds is 2. The summed E-state index contributed by atoms with van der Waals surface area (Å²) in [6.07, 6.45) is 2.48. The first kappa shape index (κ1) is 12.1. The summed E-state index contributed by atoms with van der Waals surface area (Å²) in [5.74, 6) is 2.84. The monoisotopic (exact) mass is 273 g/mol. The summed E-state index contributed by atoms with van der Waals surface area (Å²) < 4.78 is 7.72. The van der Waals surface area contributed by atoms with Crippen LogP contribution in [0.15, 0.2) is 0 Å². The molecule has 20 heavy (non-hydrogen) atoms. The fourth-order valence-corrected chi connectivity index (χ4v) is 2.94. The average molecular weight is 273 g/mol. The minimum atomic E-state index is 0.590. The summed E-state index contributed by atoms with van der Waals surface area (Å²) in [6, 6.07) is 0.590. The molecular weight excluding hydrogens is 254 g/mol. The number of anilines is 1. The van der Waals surface area contributed by atoms with Gasteiger partial charge in [0, 0.05) is 19.1 Å². The molecule has 0 aromatic carbocycles. The zero-order valence-corrected chi connectivity index (χ0v) is 12.0. The SMILES string of the molecule is Cc1nc(N2CCOCC2)c2nc(C)n(C3CC3)c2n1. The number of fused-ring (bicyclic) bond motifs is 1. The van der Waals surface area contributed by atoms with Crippen molar-refractivity contribution in [1.82, 2.24) is 19.5 Å². The van der Waals surface area contributed by atoms with E-state index in [4.69, 9.17) is 9.72 Å². The molecule has 1 aliphatic heterocycles. The molecule has 0 unspecified atom stereocenters. The molecular formula is C14H19N5O. The lowest BCUT2D eigenvalue weighted by atomic mass is 10.3. The minimum Gasteiger partial charge on any atom is -0.378 e. The Morgan fingerprint density at radius 1 is 1.05 bits per heavy atom. The molecule has 6 nitrogen and oxygen atoms in total. The molecule has 0 radical (unpaired) electrons. The third-order valence-electron chi connectivity index (χ3n) is 4.03. The van der Waals surface area contributed by atoms with Gasteiger partial charge in [0.15, 0.2) is 17.0 Å². The molecule has 2 aromatic heterocycles. The Bertz CT molecular complexity index is 655. The maximum absolute atomic E-state index is 5.43. The van der Waals surface area contributed by atoms with Crippen molar-refractivity contribution in [3.8, 4) is 0 Å². The maximum Gasteiger partial charge on any atom is 0.166 e. The van der Waals surface area contributed by atoms with Gasteiger partial charge in [0.1, 0.15) is 11.6 Å². The summed E-state index contributed by atoms with van der Waals surface area (Å²) in [5, 5.41) is 0. The Hall–Kier alpha value is -1.69. The van der Waals surface area contributed by atoms with E-state index in [1.54, 1.807) is 0 Å². The van der Waals surface area contributed by atoms with Gasteiger partial charge in [-0.25, -0.2) is 15.0 Å². The van der Waals surface area contributed by atoms with Crippen molar-refractivity contribution in [2.75, 3.05) is 31.2 Å². The summed E-state index contributed by atoms with van der Waals surface area (Å²) in [6.45, 7) is 7.29. The Morgan fingerprint density at radius 2 is 1.80 bits per heavy atom. The van der Waals surface area contributed by atoms with E-state index in [1.807, 2.05) is 6.92 Å². The van der Waals surface area contributed by atoms with Crippen LogP contribution in [0.3, 0.4) is 0 Å². The fraction of sp³-hybridized carbons (Fsp3) is 0.643. The van der Waals surface area contributed by atoms with Crippen LogP contribution in [0.25, 0.3) is 11.2 Å². The van der Waals surface area contributed by atoms with E-state index < -0.39 is 0 Å². The van der Waals surface area contributed by atoms with Crippen LogP contribution in [0.4, 0.5) is 5.82 Å². The van der Waals surface area contributed by atoms with Gasteiger partial charge in [-0.3, -0.25) is 0 Å². The number of aryl methyl sites for hydroxylation is 2. The third kappa shape index (κ3) is 1.86. The molecule has 1 saturated carbocycles. The van der Waals surface area contributed by atoms with E-state index in [9.17, 15) is 0 Å². The zero-order valence-electron chi connectivity index (χ0n) is 12.0. The van der Waals surface area contributed by atoms with Gasteiger partial charge in [-0.15, -0.1) is 0 Å². The van der Waals surface area contributed by atoms with Crippen LogP contribution in [0.5, 0.6) is 0 Å². The number of morpholine rings is 1. The summed E-state index contributed by atoms with van der Waals surface area (Å²) >= 11 is 0. The van der Waals surface area contributed by atoms with Crippen molar-refractivity contribution in [2.24, 2.45) is 0 Å². The second kappa shape index (κ2) is 4.41. The first-order chi connectivity index (χ1) is 9.74. The number of hydrogen-bond acceptors (Lipinski definition) is 5. The molecule has 1 aliphatic carbocycles. The van der Waals surface area contributed by atoms with Crippen molar-refractivity contribution >= 4 is 17.0 Å². The average Bonchev–Trinajstić information content (AvgIpc) is 3.22. The Kier molecular flexibility index (Phi) is 2.66. The highest BCUT2D eigenvalue weighted by molar-refractivity contribution is 5.84. The molecule has 2 fully saturated rings. The number of nitrogens with zero attached hydrogens (tertiary/aromatic N) is 5. The number of aromatic nitrogens is 4. The number of hydrogen-bond donors (Lipinski definition) is 0. The molecule has 0 N–H and O–H groups in total. The van der Waals surface area contributed by atoms with Crippen molar-refractivity contribution in [2.45, 2.75) is 32.7 Å². The van der Waals surface area contributed by atoms with Crippen LogP contribution >= 0.6 is 0 Å². The molecule has 2 aliphatic rings. The lowest BCUT2D eigenvalue weighted by Crippen LogP contribution is -2.37. The Balaban J connectivity index is 1.89. The van der Waals surface area contributed by atoms with Crippen LogP contribution in [0.1, 0.15) is 30.5 Å². The van der Waals surface area contributed by atoms with E-state index in [-0.39, 0.29) is 0 Å². The van der Waals surface area contributed by atoms with Gasteiger partial charge in [0.25, 0.3) is 0 Å². The molecule has 6 heteroatoms. The first-order valence-electron chi connectivity index (χ1n) is 7.30. The predicted octanol–water partition coefficient (Wildman–Crippen LogP) is 1.61. The second-order valence-corrected chi connectivity index (χ2v) is 5.63. The van der Waals surface area contributed by atoms with E-state index in [0.29, 0.717) is 6.04 Å². The van der Waals surface area contributed by atoms with Crippen LogP contribution in [0, 0.1) is 13.8 Å². The highest BCUT2D eigenvalue weighted by Crippen LogP contribution is 2.39. The number of ether oxygens (including phenoxy) is 1. The highest BCUT2D eigenvalue weighted by atomic mass is 16.5. The van der Waals surface area contributed by atoms with Crippen molar-refractivity contribution < 1.29 is 4.74 Å². The normalized spacial score (nSPS) is 19.8. The van der Waals surface area contributed by atoms with E-state index in [1.165, 1.54) is 12.8 Å². The lowest BCUT2D eigenvalue weighted by molar-refractivity contribution is 0.122. The van der Waals surface area contributed by atoms with E-state index in [0.717, 1.165) is 54.9 Å². The third-order valence-corrected chi connectivity index (χ3v) is 4.03. The van der Waals surface area contributed by atoms with E-state index in [2.05, 4.69) is 26.4 Å². The minimum absolute atomic E-state index is 0.590. The Morgan fingerprint density at radius 3 is 2.50 bits per heavy atom. The Labute approximate surface area is 117 Å². The zero-order chi connectivity index (χ0) is 13.7. The van der Waals surface area contributed by atoms with E-state index >= 15 is 0 Å². The molecule has 0 atom stereocenters. The van der Waals surface area contributed by atoms with Crippen molar-refractivity contribution in [1.29, 1.82) is 0 Å². The summed E-state index contributed by atoms with van der Waals surface area (Å²) in [7, 11) is 0. The van der Waals surface area contributed by atoms with Gasteiger partial charge in [0.05, 0.1) is 13.2 Å². The topological polar surface area (TPSA) is 56.1 Å². The van der Waals surface area contributed by atoms with Gasteiger partial charge in [-0.05, 0) is 26.7 Å². The molecule has 0 amide bonds. The van der Waals surface area contributed by atoms with Crippen molar-refractivity contribution in [3.63, 3.8) is 0 Å². The number of imidazole rings is 1. The molecule has 0 spiro atoms. The fourth-order valence-electron chi connectivity index (χ4n) is 2.94. The second-order valence-electron chi connectivity index (χ2n) is 5.63. The summed E-state index contributed by atoms with van der Waals surface area (Å²) in [5.41, 5.74) is 1.95. The smallest absolute Gasteiger partial charge is 0.166 e. The molecule has 0 bridgehead atoms. The van der Waals surface area contributed by atoms with Gasteiger partial charge in [-0.1, -0.05) is 0 Å². The van der Waals surface area contributed by atoms with Crippen LogP contribution in [0.2, 0.25) is 0 Å². The molecule has 1 saturated heterocycles.